The number of hydrogen-bond donors (Lipinski definition) is 1. The Labute approximate surface area is 159 Å². The van der Waals surface area contributed by atoms with Crippen molar-refractivity contribution in [3.05, 3.63) is 76.4 Å². The smallest absolute Gasteiger partial charge is 0.277 e. The molecule has 4 aromatic rings. The van der Waals surface area contributed by atoms with E-state index in [1.165, 1.54) is 4.68 Å². The van der Waals surface area contributed by atoms with E-state index in [-0.39, 0.29) is 24.4 Å². The van der Waals surface area contributed by atoms with E-state index in [0.717, 1.165) is 16.1 Å². The number of hydrogen-bond acceptors (Lipinski definition) is 5. The number of para-hydroxylation sites is 1. The molecule has 2 aromatic carbocycles. The number of rotatable bonds is 5. The van der Waals surface area contributed by atoms with Crippen molar-refractivity contribution in [2.24, 2.45) is 0 Å². The number of benzene rings is 2. The summed E-state index contributed by atoms with van der Waals surface area (Å²) < 4.78 is 1.23. The molecule has 0 fully saturated rings. The number of thiophene rings is 1. The SMILES string of the molecule is O=C(CCn1nnc2ccccc2c1=O)Nc1ccccc1-c1cccs1. The van der Waals surface area contributed by atoms with E-state index < -0.39 is 0 Å². The number of aryl methyl sites for hydroxylation is 1. The molecule has 27 heavy (non-hydrogen) atoms. The van der Waals surface area contributed by atoms with Crippen LogP contribution in [-0.2, 0) is 11.3 Å². The van der Waals surface area contributed by atoms with Gasteiger partial charge in [-0.05, 0) is 29.6 Å². The Morgan fingerprint density at radius 2 is 1.85 bits per heavy atom. The van der Waals surface area contributed by atoms with Gasteiger partial charge in [-0.15, -0.1) is 16.4 Å². The lowest BCUT2D eigenvalue weighted by atomic mass is 10.1. The van der Waals surface area contributed by atoms with Crippen molar-refractivity contribution in [1.82, 2.24) is 15.0 Å². The van der Waals surface area contributed by atoms with Crippen molar-refractivity contribution in [2.75, 3.05) is 5.32 Å². The Morgan fingerprint density at radius 3 is 2.70 bits per heavy atom. The predicted molar refractivity (Wildman–Crippen MR) is 107 cm³/mol. The number of anilines is 1. The fourth-order valence-electron chi connectivity index (χ4n) is 2.83. The summed E-state index contributed by atoms with van der Waals surface area (Å²) in [7, 11) is 0. The molecular formula is C20H16N4O2S. The molecule has 1 amide bonds. The highest BCUT2D eigenvalue weighted by molar-refractivity contribution is 7.13. The number of nitrogens with one attached hydrogen (secondary N) is 1. The highest BCUT2D eigenvalue weighted by Gasteiger charge is 2.11. The van der Waals surface area contributed by atoms with Gasteiger partial charge >= 0.3 is 0 Å². The highest BCUT2D eigenvalue weighted by Crippen LogP contribution is 2.31. The molecule has 0 aliphatic carbocycles. The Balaban J connectivity index is 1.49. The molecule has 0 spiro atoms. The van der Waals surface area contributed by atoms with Gasteiger partial charge in [0.05, 0.1) is 11.9 Å². The Bertz CT molecular complexity index is 1150. The molecule has 0 aliphatic heterocycles. The third kappa shape index (κ3) is 3.63. The van der Waals surface area contributed by atoms with Crippen LogP contribution < -0.4 is 10.9 Å². The molecule has 2 aromatic heterocycles. The topological polar surface area (TPSA) is 76.9 Å². The molecule has 134 valence electrons. The van der Waals surface area contributed by atoms with Gasteiger partial charge in [0.1, 0.15) is 5.52 Å². The van der Waals surface area contributed by atoms with Crippen LogP contribution in [0.2, 0.25) is 0 Å². The van der Waals surface area contributed by atoms with Crippen molar-refractivity contribution >= 4 is 33.8 Å². The summed E-state index contributed by atoms with van der Waals surface area (Å²) in [5.74, 6) is -0.180. The summed E-state index contributed by atoms with van der Waals surface area (Å²) in [4.78, 5) is 25.9. The van der Waals surface area contributed by atoms with Gasteiger partial charge in [0, 0.05) is 22.5 Å². The number of carbonyl (C=O) groups excluding carboxylic acids is 1. The summed E-state index contributed by atoms with van der Waals surface area (Å²) >= 11 is 1.62. The van der Waals surface area contributed by atoms with Gasteiger partial charge in [0.2, 0.25) is 5.91 Å². The van der Waals surface area contributed by atoms with E-state index in [4.69, 9.17) is 0 Å². The first-order valence-electron chi connectivity index (χ1n) is 8.48. The third-order valence-electron chi connectivity index (χ3n) is 4.17. The number of fused-ring (bicyclic) bond motifs is 1. The lowest BCUT2D eigenvalue weighted by molar-refractivity contribution is -0.116. The number of nitrogens with zero attached hydrogens (tertiary/aromatic N) is 3. The molecule has 0 saturated heterocycles. The van der Waals surface area contributed by atoms with Crippen LogP contribution >= 0.6 is 11.3 Å². The van der Waals surface area contributed by atoms with Crippen molar-refractivity contribution in [2.45, 2.75) is 13.0 Å². The Hall–Kier alpha value is -3.32. The zero-order chi connectivity index (χ0) is 18.6. The van der Waals surface area contributed by atoms with Crippen molar-refractivity contribution < 1.29 is 4.79 Å². The molecule has 0 bridgehead atoms. The standard InChI is InChI=1S/C20H16N4O2S/c25-19(21-16-8-3-1-6-14(16)18-10-5-13-27-18)11-12-24-20(26)15-7-2-4-9-17(15)22-23-24/h1-10,13H,11-12H2,(H,21,25). The maximum absolute atomic E-state index is 12.4. The van der Waals surface area contributed by atoms with Crippen molar-refractivity contribution in [3.8, 4) is 10.4 Å². The molecule has 7 heteroatoms. The average Bonchev–Trinajstić information content (AvgIpc) is 3.23. The number of aromatic nitrogens is 3. The second-order valence-corrected chi connectivity index (χ2v) is 6.90. The van der Waals surface area contributed by atoms with Crippen LogP contribution in [-0.4, -0.2) is 20.9 Å². The molecule has 0 atom stereocenters. The first kappa shape index (κ1) is 17.1. The zero-order valence-corrected chi connectivity index (χ0v) is 15.1. The lowest BCUT2D eigenvalue weighted by Gasteiger charge is -2.10. The quantitative estimate of drug-likeness (QED) is 0.578. The minimum absolute atomic E-state index is 0.131. The average molecular weight is 376 g/mol. The first-order chi connectivity index (χ1) is 13.2. The first-order valence-corrected chi connectivity index (χ1v) is 9.35. The minimum Gasteiger partial charge on any atom is -0.325 e. The Kier molecular flexibility index (Phi) is 4.76. The molecule has 1 N–H and O–H groups in total. The summed E-state index contributed by atoms with van der Waals surface area (Å²) in [6.45, 7) is 0.170. The third-order valence-corrected chi connectivity index (χ3v) is 5.07. The molecule has 0 radical (unpaired) electrons. The highest BCUT2D eigenvalue weighted by atomic mass is 32.1. The second kappa shape index (κ2) is 7.51. The van der Waals surface area contributed by atoms with Crippen molar-refractivity contribution in [3.63, 3.8) is 0 Å². The molecule has 0 unspecified atom stereocenters. The van der Waals surface area contributed by atoms with Gasteiger partial charge in [-0.1, -0.05) is 41.6 Å². The van der Waals surface area contributed by atoms with E-state index in [0.29, 0.717) is 10.9 Å². The number of amides is 1. The van der Waals surface area contributed by atoms with Crippen LogP contribution in [0.5, 0.6) is 0 Å². The fourth-order valence-corrected chi connectivity index (χ4v) is 3.59. The number of carbonyl (C=O) groups is 1. The summed E-state index contributed by atoms with van der Waals surface area (Å²) in [6.07, 6.45) is 0.131. The second-order valence-electron chi connectivity index (χ2n) is 5.96. The molecule has 4 rings (SSSR count). The van der Waals surface area contributed by atoms with Gasteiger partial charge in [-0.2, -0.15) is 0 Å². The van der Waals surface area contributed by atoms with Crippen LogP contribution in [0, 0.1) is 0 Å². The van der Waals surface area contributed by atoms with E-state index in [1.54, 1.807) is 35.6 Å². The van der Waals surface area contributed by atoms with Crippen molar-refractivity contribution in [1.29, 1.82) is 0 Å². The van der Waals surface area contributed by atoms with E-state index in [2.05, 4.69) is 15.6 Å². The molecule has 2 heterocycles. The monoisotopic (exact) mass is 376 g/mol. The lowest BCUT2D eigenvalue weighted by Crippen LogP contribution is -2.26. The van der Waals surface area contributed by atoms with Crippen LogP contribution in [0.15, 0.2) is 70.8 Å². The Morgan fingerprint density at radius 1 is 1.04 bits per heavy atom. The summed E-state index contributed by atoms with van der Waals surface area (Å²) in [5.41, 5.74) is 2.03. The van der Waals surface area contributed by atoms with Crippen LogP contribution in [0.1, 0.15) is 6.42 Å². The maximum Gasteiger partial charge on any atom is 0.277 e. The van der Waals surface area contributed by atoms with Gasteiger partial charge in [-0.25, -0.2) is 4.68 Å². The fraction of sp³-hybridized carbons (Fsp3) is 0.100. The predicted octanol–water partition coefficient (Wildman–Crippen LogP) is 3.55. The summed E-state index contributed by atoms with van der Waals surface area (Å²) in [6, 6.07) is 18.7. The normalized spacial score (nSPS) is 10.8. The van der Waals surface area contributed by atoms with Crippen LogP contribution in [0.4, 0.5) is 5.69 Å². The van der Waals surface area contributed by atoms with Gasteiger partial charge in [0.15, 0.2) is 0 Å². The van der Waals surface area contributed by atoms with E-state index >= 15 is 0 Å². The van der Waals surface area contributed by atoms with Gasteiger partial charge < -0.3 is 5.32 Å². The van der Waals surface area contributed by atoms with E-state index in [9.17, 15) is 9.59 Å². The maximum atomic E-state index is 12.4. The van der Waals surface area contributed by atoms with E-state index in [1.807, 2.05) is 41.8 Å². The van der Waals surface area contributed by atoms with Crippen LogP contribution in [0.25, 0.3) is 21.3 Å². The summed E-state index contributed by atoms with van der Waals surface area (Å²) in [5, 5.41) is 13.4. The molecule has 0 saturated carbocycles. The minimum atomic E-state index is -0.243. The zero-order valence-electron chi connectivity index (χ0n) is 14.3. The van der Waals surface area contributed by atoms with Gasteiger partial charge in [-0.3, -0.25) is 9.59 Å². The van der Waals surface area contributed by atoms with Gasteiger partial charge in [0.25, 0.3) is 5.56 Å². The molecule has 6 nitrogen and oxygen atoms in total. The largest absolute Gasteiger partial charge is 0.325 e. The molecular weight excluding hydrogens is 360 g/mol. The van der Waals surface area contributed by atoms with Crippen LogP contribution in [0.3, 0.4) is 0 Å². The molecule has 0 aliphatic rings.